The molecule has 0 bridgehead atoms. The summed E-state index contributed by atoms with van der Waals surface area (Å²) in [5.41, 5.74) is 4.12. The van der Waals surface area contributed by atoms with E-state index in [0.29, 0.717) is 17.3 Å². The number of para-hydroxylation sites is 1. The number of carbonyl (C=O) groups excluding carboxylic acids is 2. The SMILES string of the molecule is COc1cccc(CN2C(=O)[C@]3(SCC(=O)N3c3ccc(C)c(Cl)c3)c3ccccc32)c1. The second-order valence-electron chi connectivity index (χ2n) is 7.86. The van der Waals surface area contributed by atoms with E-state index < -0.39 is 4.87 Å². The van der Waals surface area contributed by atoms with Crippen molar-refractivity contribution in [2.75, 3.05) is 22.7 Å². The topological polar surface area (TPSA) is 49.9 Å². The molecule has 0 unspecified atom stereocenters. The van der Waals surface area contributed by atoms with Crippen molar-refractivity contribution in [3.05, 3.63) is 88.4 Å². The normalized spacial score (nSPS) is 19.7. The van der Waals surface area contributed by atoms with Crippen molar-refractivity contribution >= 4 is 46.6 Å². The molecule has 2 aliphatic heterocycles. The molecule has 7 heteroatoms. The van der Waals surface area contributed by atoms with Gasteiger partial charge >= 0.3 is 0 Å². The van der Waals surface area contributed by atoms with Gasteiger partial charge in [-0.25, -0.2) is 0 Å². The number of amides is 2. The Labute approximate surface area is 195 Å². The maximum atomic E-state index is 14.1. The van der Waals surface area contributed by atoms with Crippen LogP contribution >= 0.6 is 23.4 Å². The number of rotatable bonds is 4. The summed E-state index contributed by atoms with van der Waals surface area (Å²) in [5, 5.41) is 0.564. The second kappa shape index (κ2) is 7.87. The lowest BCUT2D eigenvalue weighted by molar-refractivity contribution is -0.123. The van der Waals surface area contributed by atoms with Crippen LogP contribution in [0.1, 0.15) is 16.7 Å². The molecule has 5 rings (SSSR count). The largest absolute Gasteiger partial charge is 0.497 e. The summed E-state index contributed by atoms with van der Waals surface area (Å²) in [5.74, 6) is 0.715. The van der Waals surface area contributed by atoms with Gasteiger partial charge in [-0.3, -0.25) is 14.5 Å². The summed E-state index contributed by atoms with van der Waals surface area (Å²) in [6.45, 7) is 2.29. The molecule has 162 valence electrons. The molecule has 1 atom stereocenters. The van der Waals surface area contributed by atoms with E-state index in [1.54, 1.807) is 23.0 Å². The molecule has 2 aliphatic rings. The van der Waals surface area contributed by atoms with Gasteiger partial charge in [0.2, 0.25) is 10.8 Å². The zero-order valence-electron chi connectivity index (χ0n) is 17.7. The number of ether oxygens (including phenoxy) is 1. The molecule has 0 aromatic heterocycles. The summed E-state index contributed by atoms with van der Waals surface area (Å²) in [4.78, 5) is 29.4. The predicted octanol–water partition coefficient (Wildman–Crippen LogP) is 5.14. The molecule has 0 radical (unpaired) electrons. The van der Waals surface area contributed by atoms with Crippen LogP contribution in [0.5, 0.6) is 5.75 Å². The Morgan fingerprint density at radius 3 is 2.66 bits per heavy atom. The molecule has 1 saturated heterocycles. The number of fused-ring (bicyclic) bond motifs is 2. The highest BCUT2D eigenvalue weighted by atomic mass is 35.5. The molecule has 3 aromatic rings. The van der Waals surface area contributed by atoms with Crippen molar-refractivity contribution in [2.24, 2.45) is 0 Å². The third-order valence-electron chi connectivity index (χ3n) is 5.95. The molecule has 2 heterocycles. The van der Waals surface area contributed by atoms with Gasteiger partial charge in [0.05, 0.1) is 25.1 Å². The van der Waals surface area contributed by atoms with E-state index in [0.717, 1.165) is 28.1 Å². The highest BCUT2D eigenvalue weighted by Crippen LogP contribution is 2.56. The zero-order valence-corrected chi connectivity index (χ0v) is 19.2. The number of halogens is 1. The first-order valence-electron chi connectivity index (χ1n) is 10.2. The third-order valence-corrected chi connectivity index (χ3v) is 7.75. The second-order valence-corrected chi connectivity index (χ2v) is 9.43. The minimum atomic E-state index is -1.15. The van der Waals surface area contributed by atoms with E-state index in [2.05, 4.69) is 0 Å². The lowest BCUT2D eigenvalue weighted by Gasteiger charge is -2.33. The molecule has 0 N–H and O–H groups in total. The van der Waals surface area contributed by atoms with Gasteiger partial charge in [-0.1, -0.05) is 48.0 Å². The van der Waals surface area contributed by atoms with E-state index in [-0.39, 0.29) is 17.6 Å². The summed E-state index contributed by atoms with van der Waals surface area (Å²) in [7, 11) is 1.62. The molecular weight excluding hydrogens is 444 g/mol. The fraction of sp³-hybridized carbons (Fsp3) is 0.200. The molecular formula is C25H21ClN2O3S. The van der Waals surface area contributed by atoms with E-state index in [9.17, 15) is 9.59 Å². The summed E-state index contributed by atoms with van der Waals surface area (Å²) in [6.07, 6.45) is 0. The van der Waals surface area contributed by atoms with Crippen LogP contribution in [0.2, 0.25) is 5.02 Å². The molecule has 5 nitrogen and oxygen atoms in total. The van der Waals surface area contributed by atoms with Gasteiger partial charge in [-0.2, -0.15) is 0 Å². The Morgan fingerprint density at radius 2 is 1.88 bits per heavy atom. The molecule has 0 aliphatic carbocycles. The van der Waals surface area contributed by atoms with Crippen molar-refractivity contribution < 1.29 is 14.3 Å². The Morgan fingerprint density at radius 1 is 1.06 bits per heavy atom. The molecule has 2 amide bonds. The molecule has 1 fully saturated rings. The van der Waals surface area contributed by atoms with Gasteiger partial charge in [-0.05, 0) is 48.4 Å². The maximum Gasteiger partial charge on any atom is 0.269 e. The summed E-state index contributed by atoms with van der Waals surface area (Å²) >= 11 is 7.75. The zero-order chi connectivity index (χ0) is 22.5. The third kappa shape index (κ3) is 3.09. The van der Waals surface area contributed by atoms with Gasteiger partial charge in [-0.15, -0.1) is 11.8 Å². The Hall–Kier alpha value is -2.96. The van der Waals surface area contributed by atoms with Crippen LogP contribution in [0.15, 0.2) is 66.7 Å². The van der Waals surface area contributed by atoms with Crippen LogP contribution < -0.4 is 14.5 Å². The fourth-order valence-electron chi connectivity index (χ4n) is 4.39. The van der Waals surface area contributed by atoms with Crippen molar-refractivity contribution in [1.29, 1.82) is 0 Å². The van der Waals surface area contributed by atoms with Crippen LogP contribution in [-0.4, -0.2) is 24.7 Å². The van der Waals surface area contributed by atoms with E-state index >= 15 is 0 Å². The summed E-state index contributed by atoms with van der Waals surface area (Å²) < 4.78 is 5.35. The van der Waals surface area contributed by atoms with Crippen LogP contribution in [0, 0.1) is 6.92 Å². The molecule has 1 spiro atoms. The molecule has 32 heavy (non-hydrogen) atoms. The summed E-state index contributed by atoms with van der Waals surface area (Å²) in [6, 6.07) is 20.9. The number of thioether (sulfide) groups is 1. The van der Waals surface area contributed by atoms with Crippen LogP contribution in [0.25, 0.3) is 0 Å². The number of hydrogen-bond donors (Lipinski definition) is 0. The van der Waals surface area contributed by atoms with Gasteiger partial charge < -0.3 is 9.64 Å². The Kier molecular flexibility index (Phi) is 5.14. The number of hydrogen-bond acceptors (Lipinski definition) is 4. The van der Waals surface area contributed by atoms with Gasteiger partial charge in [0.15, 0.2) is 0 Å². The minimum absolute atomic E-state index is 0.110. The Balaban J connectivity index is 1.63. The van der Waals surface area contributed by atoms with E-state index in [1.165, 1.54) is 11.8 Å². The number of nitrogens with zero attached hydrogens (tertiary/aromatic N) is 2. The lowest BCUT2D eigenvalue weighted by atomic mass is 10.0. The monoisotopic (exact) mass is 464 g/mol. The smallest absolute Gasteiger partial charge is 0.269 e. The van der Waals surface area contributed by atoms with Crippen LogP contribution in [-0.2, 0) is 21.0 Å². The van der Waals surface area contributed by atoms with Crippen LogP contribution in [0.4, 0.5) is 11.4 Å². The van der Waals surface area contributed by atoms with Gasteiger partial charge in [0.1, 0.15) is 5.75 Å². The molecule has 0 saturated carbocycles. The number of carbonyl (C=O) groups is 2. The van der Waals surface area contributed by atoms with Crippen LogP contribution in [0.3, 0.4) is 0 Å². The van der Waals surface area contributed by atoms with Gasteiger partial charge in [0, 0.05) is 16.3 Å². The average Bonchev–Trinajstić information content (AvgIpc) is 3.27. The standard InChI is InChI=1S/C25H21ClN2O3S/c1-16-10-11-18(13-21(16)26)28-23(29)15-32-25(28)20-8-3-4-9-22(20)27(24(25)30)14-17-6-5-7-19(12-17)31-2/h3-13H,14-15H2,1-2H3/t25-/m1/s1. The number of anilines is 2. The highest BCUT2D eigenvalue weighted by molar-refractivity contribution is 8.02. The molecule has 3 aromatic carbocycles. The van der Waals surface area contributed by atoms with E-state index in [4.69, 9.17) is 16.3 Å². The lowest BCUT2D eigenvalue weighted by Crippen LogP contribution is -2.49. The quantitative estimate of drug-likeness (QED) is 0.536. The number of aryl methyl sites for hydroxylation is 1. The first-order valence-corrected chi connectivity index (χ1v) is 11.6. The average molecular weight is 465 g/mol. The first-order chi connectivity index (χ1) is 15.5. The van der Waals surface area contributed by atoms with Crippen molar-refractivity contribution in [3.63, 3.8) is 0 Å². The minimum Gasteiger partial charge on any atom is -0.497 e. The van der Waals surface area contributed by atoms with Crippen molar-refractivity contribution in [3.8, 4) is 5.75 Å². The van der Waals surface area contributed by atoms with Gasteiger partial charge in [0.25, 0.3) is 5.91 Å². The van der Waals surface area contributed by atoms with Crippen molar-refractivity contribution in [2.45, 2.75) is 18.3 Å². The maximum absolute atomic E-state index is 14.1. The fourth-order valence-corrected chi connectivity index (χ4v) is 5.92. The highest BCUT2D eigenvalue weighted by Gasteiger charge is 2.60. The van der Waals surface area contributed by atoms with Crippen molar-refractivity contribution in [1.82, 2.24) is 0 Å². The number of methoxy groups -OCH3 is 1. The Bertz CT molecular complexity index is 1250. The van der Waals surface area contributed by atoms with E-state index in [1.807, 2.05) is 67.6 Å². The number of benzene rings is 3. The predicted molar refractivity (Wildman–Crippen MR) is 128 cm³/mol. The first kappa shape index (κ1) is 20.9.